The number of likely N-dealkylation sites (tertiary alicyclic amines) is 1. The fourth-order valence-electron chi connectivity index (χ4n) is 1.91. The van der Waals surface area contributed by atoms with E-state index in [1.807, 2.05) is 49.7 Å². The predicted octanol–water partition coefficient (Wildman–Crippen LogP) is 2.42. The number of rotatable bonds is 2. The molecule has 1 atom stereocenters. The number of carbonyl (C=O) groups excluding carboxylic acids is 1. The minimum absolute atomic E-state index is 0.321. The van der Waals surface area contributed by atoms with Crippen LogP contribution in [0.15, 0.2) is 36.5 Å². The number of nitrogens with zero attached hydrogens (tertiary/aromatic N) is 1. The van der Waals surface area contributed by atoms with Crippen molar-refractivity contribution in [1.82, 2.24) is 0 Å². The average molecular weight is 202 g/mol. The molecule has 0 spiro atoms. The van der Waals surface area contributed by atoms with Crippen molar-refractivity contribution < 1.29 is 9.28 Å². The molecule has 0 aromatic heterocycles. The lowest BCUT2D eigenvalue weighted by molar-refractivity contribution is -0.771. The summed E-state index contributed by atoms with van der Waals surface area (Å²) in [6, 6.07) is 10.1. The van der Waals surface area contributed by atoms with Crippen LogP contribution in [0, 0.1) is 0 Å². The molecule has 78 valence electrons. The van der Waals surface area contributed by atoms with Gasteiger partial charge in [-0.15, -0.1) is 0 Å². The van der Waals surface area contributed by atoms with E-state index in [9.17, 15) is 4.79 Å². The minimum atomic E-state index is 0.321. The van der Waals surface area contributed by atoms with Crippen LogP contribution in [0.25, 0.3) is 6.08 Å². The molecule has 1 amide bonds. The normalized spacial score (nSPS) is 26.3. The molecular weight excluding hydrogens is 186 g/mol. The molecule has 0 radical (unpaired) electrons. The molecule has 0 N–H and O–H groups in total. The lowest BCUT2D eigenvalue weighted by Crippen LogP contribution is -2.38. The van der Waals surface area contributed by atoms with Crippen LogP contribution in [0.2, 0.25) is 0 Å². The van der Waals surface area contributed by atoms with Gasteiger partial charge in [0.15, 0.2) is 0 Å². The Kier molecular flexibility index (Phi) is 2.69. The molecule has 2 nitrogen and oxygen atoms in total. The fourth-order valence-corrected chi connectivity index (χ4v) is 1.91. The molecule has 1 aliphatic heterocycles. The third-order valence-corrected chi connectivity index (χ3v) is 2.98. The van der Waals surface area contributed by atoms with Gasteiger partial charge in [-0.05, 0) is 11.6 Å². The van der Waals surface area contributed by atoms with Gasteiger partial charge in [0, 0.05) is 6.42 Å². The quantitative estimate of drug-likeness (QED) is 0.673. The van der Waals surface area contributed by atoms with Crippen LogP contribution >= 0.6 is 0 Å². The molecule has 2 rings (SSSR count). The lowest BCUT2D eigenvalue weighted by Gasteiger charge is -2.20. The molecule has 1 saturated heterocycles. The van der Waals surface area contributed by atoms with Gasteiger partial charge in [-0.1, -0.05) is 30.3 Å². The highest BCUT2D eigenvalue weighted by Gasteiger charge is 2.34. The molecule has 1 unspecified atom stereocenters. The number of carbonyl (C=O) groups is 1. The van der Waals surface area contributed by atoms with Gasteiger partial charge in [-0.2, -0.15) is 0 Å². The summed E-state index contributed by atoms with van der Waals surface area (Å²) in [4.78, 5) is 11.6. The molecule has 0 bridgehead atoms. The zero-order valence-corrected chi connectivity index (χ0v) is 9.02. The smallest absolute Gasteiger partial charge is 0.237 e. The van der Waals surface area contributed by atoms with Crippen LogP contribution < -0.4 is 0 Å². The molecule has 15 heavy (non-hydrogen) atoms. The largest absolute Gasteiger partial charge is 0.318 e. The van der Waals surface area contributed by atoms with Crippen molar-refractivity contribution in [3.63, 3.8) is 0 Å². The molecule has 1 aromatic rings. The summed E-state index contributed by atoms with van der Waals surface area (Å²) in [7, 11) is 1.98. The maximum absolute atomic E-state index is 11.6. The van der Waals surface area contributed by atoms with E-state index in [4.69, 9.17) is 0 Å². The maximum Gasteiger partial charge on any atom is 0.318 e. The van der Waals surface area contributed by atoms with Gasteiger partial charge in [0.25, 0.3) is 0 Å². The molecule has 2 heteroatoms. The highest BCUT2D eigenvalue weighted by Crippen LogP contribution is 2.19. The first-order valence-corrected chi connectivity index (χ1v) is 5.34. The van der Waals surface area contributed by atoms with Gasteiger partial charge in [0.2, 0.25) is 0 Å². The van der Waals surface area contributed by atoms with Crippen LogP contribution in [0.5, 0.6) is 0 Å². The van der Waals surface area contributed by atoms with Crippen LogP contribution in [0.1, 0.15) is 18.4 Å². The van der Waals surface area contributed by atoms with E-state index >= 15 is 0 Å². The van der Waals surface area contributed by atoms with Crippen LogP contribution in [-0.4, -0.2) is 24.0 Å². The summed E-state index contributed by atoms with van der Waals surface area (Å²) in [6.45, 7) is 0.933. The monoisotopic (exact) mass is 202 g/mol. The summed E-state index contributed by atoms with van der Waals surface area (Å²) in [5.41, 5.74) is 1.15. The molecular formula is C13H16NO+. The van der Waals surface area contributed by atoms with Crippen molar-refractivity contribution in [1.29, 1.82) is 0 Å². The summed E-state index contributed by atoms with van der Waals surface area (Å²) >= 11 is 0. The number of quaternary nitrogens is 1. The zero-order valence-electron chi connectivity index (χ0n) is 9.02. The first-order valence-electron chi connectivity index (χ1n) is 5.34. The van der Waals surface area contributed by atoms with E-state index < -0.39 is 0 Å². The Balaban J connectivity index is 2.15. The molecule has 0 aliphatic carbocycles. The molecule has 1 aliphatic rings. The van der Waals surface area contributed by atoms with Crippen LogP contribution in [0.4, 0.5) is 0 Å². The maximum atomic E-state index is 11.6. The Morgan fingerprint density at radius 2 is 2.00 bits per heavy atom. The highest BCUT2D eigenvalue weighted by atomic mass is 16.2. The van der Waals surface area contributed by atoms with Crippen LogP contribution in [0.3, 0.4) is 0 Å². The third kappa shape index (κ3) is 2.16. The molecule has 1 aromatic carbocycles. The average Bonchev–Trinajstić information content (AvgIpc) is 2.59. The Hall–Kier alpha value is -1.41. The van der Waals surface area contributed by atoms with Gasteiger partial charge >= 0.3 is 5.91 Å². The van der Waals surface area contributed by atoms with Gasteiger partial charge < -0.3 is 0 Å². The van der Waals surface area contributed by atoms with E-state index in [-0.39, 0.29) is 0 Å². The number of benzene rings is 1. The van der Waals surface area contributed by atoms with Crippen molar-refractivity contribution in [2.24, 2.45) is 0 Å². The van der Waals surface area contributed by atoms with Crippen LogP contribution in [-0.2, 0) is 4.79 Å². The van der Waals surface area contributed by atoms with Crippen molar-refractivity contribution in [3.05, 3.63) is 42.1 Å². The van der Waals surface area contributed by atoms with Crippen molar-refractivity contribution >= 4 is 12.0 Å². The second-order valence-corrected chi connectivity index (χ2v) is 4.22. The van der Waals surface area contributed by atoms with Crippen molar-refractivity contribution in [3.8, 4) is 0 Å². The van der Waals surface area contributed by atoms with Gasteiger partial charge in [-0.25, -0.2) is 9.28 Å². The minimum Gasteiger partial charge on any atom is -0.237 e. The van der Waals surface area contributed by atoms with Gasteiger partial charge in [-0.3, -0.25) is 0 Å². The molecule has 1 fully saturated rings. The second kappa shape index (κ2) is 3.99. The summed E-state index contributed by atoms with van der Waals surface area (Å²) in [5.74, 6) is 0.321. The van der Waals surface area contributed by atoms with Crippen molar-refractivity contribution in [2.75, 3.05) is 13.6 Å². The first kappa shape index (κ1) is 10.1. The van der Waals surface area contributed by atoms with E-state index in [1.165, 1.54) is 0 Å². The van der Waals surface area contributed by atoms with Crippen molar-refractivity contribution in [2.45, 2.75) is 12.8 Å². The SMILES string of the molecule is C[N+]1(C=Cc2ccccc2)CCCC1=O. The lowest BCUT2D eigenvalue weighted by atomic mass is 10.2. The molecule has 1 heterocycles. The Morgan fingerprint density at radius 1 is 1.27 bits per heavy atom. The van der Waals surface area contributed by atoms with E-state index in [1.54, 1.807) is 0 Å². The standard InChI is InChI=1S/C13H16NO/c1-14(10-5-8-13(14)15)11-9-12-6-3-2-4-7-12/h2-4,6-7,9,11H,5,8,10H2,1H3/q+1. The topological polar surface area (TPSA) is 17.1 Å². The van der Waals surface area contributed by atoms with E-state index in [2.05, 4.69) is 0 Å². The van der Waals surface area contributed by atoms with E-state index in [0.29, 0.717) is 10.4 Å². The first-order chi connectivity index (χ1) is 7.21. The summed E-state index contributed by atoms with van der Waals surface area (Å²) in [5, 5.41) is 0. The highest BCUT2D eigenvalue weighted by molar-refractivity contribution is 5.71. The Bertz CT molecular complexity index is 383. The fraction of sp³-hybridized carbons (Fsp3) is 0.308. The number of hydrogen-bond acceptors (Lipinski definition) is 1. The Morgan fingerprint density at radius 3 is 2.60 bits per heavy atom. The third-order valence-electron chi connectivity index (χ3n) is 2.98. The number of hydrogen-bond donors (Lipinski definition) is 0. The second-order valence-electron chi connectivity index (χ2n) is 4.22. The number of amides is 1. The summed E-state index contributed by atoms with van der Waals surface area (Å²) < 4.78 is 0.453. The zero-order chi connectivity index (χ0) is 10.7. The Labute approximate surface area is 90.4 Å². The van der Waals surface area contributed by atoms with E-state index in [0.717, 1.165) is 24.9 Å². The predicted molar refractivity (Wildman–Crippen MR) is 60.8 cm³/mol. The molecule has 0 saturated carbocycles. The van der Waals surface area contributed by atoms with Gasteiger partial charge in [0.05, 0.1) is 20.0 Å². The van der Waals surface area contributed by atoms with Gasteiger partial charge in [0.1, 0.15) is 6.20 Å². The summed E-state index contributed by atoms with van der Waals surface area (Å²) in [6.07, 6.45) is 5.76.